The maximum atomic E-state index is 12.3. The van der Waals surface area contributed by atoms with Crippen molar-refractivity contribution in [2.45, 2.75) is 12.6 Å². The number of aromatic nitrogens is 4. The normalized spacial score (nSPS) is 10.7. The summed E-state index contributed by atoms with van der Waals surface area (Å²) in [7, 11) is 2.98. The zero-order chi connectivity index (χ0) is 23.4. The van der Waals surface area contributed by atoms with Crippen LogP contribution in [0.1, 0.15) is 16.8 Å². The van der Waals surface area contributed by atoms with Crippen LogP contribution in [-0.4, -0.2) is 72.5 Å². The molecule has 2 rings (SSSR count). The van der Waals surface area contributed by atoms with Crippen molar-refractivity contribution in [1.29, 1.82) is 0 Å². The molecule has 0 radical (unpaired) electrons. The van der Waals surface area contributed by atoms with E-state index in [1.54, 1.807) is 18.2 Å². The Morgan fingerprint density at radius 3 is 2.35 bits per heavy atom. The van der Waals surface area contributed by atoms with Gasteiger partial charge < -0.3 is 15.5 Å². The van der Waals surface area contributed by atoms with Gasteiger partial charge in [0.1, 0.15) is 6.33 Å². The number of alkyl halides is 3. The number of rotatable bonds is 9. The van der Waals surface area contributed by atoms with Crippen molar-refractivity contribution in [3.05, 3.63) is 35.1 Å². The molecule has 0 aliphatic carbocycles. The number of benzene rings is 1. The van der Waals surface area contributed by atoms with Crippen LogP contribution in [0.4, 0.5) is 13.2 Å². The first-order valence-electron chi connectivity index (χ1n) is 8.09. The molecule has 1 aromatic carbocycles. The lowest BCUT2D eigenvalue weighted by molar-refractivity contribution is -0.192. The van der Waals surface area contributed by atoms with E-state index < -0.39 is 18.1 Å². The topological polar surface area (TPSA) is 147 Å². The van der Waals surface area contributed by atoms with E-state index in [4.69, 9.17) is 26.6 Å². The van der Waals surface area contributed by atoms with E-state index in [-0.39, 0.29) is 12.3 Å². The van der Waals surface area contributed by atoms with Crippen molar-refractivity contribution in [2.24, 2.45) is 0 Å². The Bertz CT molecular complexity index is 886. The standard InChI is InChI=1S/C13H14ClN5O3S2.C2HF3O2/c14-9-1-2-11(19-8-16-17-18-19)10(7-9)13(22)15-4-6-24-23-5-3-12(20)21;3-2(4,5)1(6)7/h1-2,7-8H,3-6H2,(H,15,22)(H,20,21);(H,6,7). The Labute approximate surface area is 185 Å². The van der Waals surface area contributed by atoms with E-state index in [0.29, 0.717) is 34.3 Å². The number of carboxylic acid groups (broad SMARTS) is 2. The zero-order valence-corrected chi connectivity index (χ0v) is 17.8. The Balaban J connectivity index is 0.000000592. The van der Waals surface area contributed by atoms with Gasteiger partial charge in [-0.3, -0.25) is 9.59 Å². The lowest BCUT2D eigenvalue weighted by atomic mass is 10.1. The van der Waals surface area contributed by atoms with Crippen LogP contribution < -0.4 is 5.32 Å². The molecule has 1 aromatic heterocycles. The molecule has 1 amide bonds. The third kappa shape index (κ3) is 10.4. The van der Waals surface area contributed by atoms with Gasteiger partial charge in [-0.2, -0.15) is 17.9 Å². The third-order valence-corrected chi connectivity index (χ3v) is 5.64. The molecule has 0 fully saturated rings. The summed E-state index contributed by atoms with van der Waals surface area (Å²) in [5.74, 6) is -2.65. The highest BCUT2D eigenvalue weighted by Crippen LogP contribution is 2.22. The van der Waals surface area contributed by atoms with Crippen molar-refractivity contribution in [3.63, 3.8) is 0 Å². The highest BCUT2D eigenvalue weighted by Gasteiger charge is 2.38. The summed E-state index contributed by atoms with van der Waals surface area (Å²) in [5.41, 5.74) is 0.906. The van der Waals surface area contributed by atoms with E-state index in [2.05, 4.69) is 20.8 Å². The van der Waals surface area contributed by atoms with Crippen molar-refractivity contribution in [3.8, 4) is 5.69 Å². The minimum atomic E-state index is -5.08. The molecule has 16 heteroatoms. The molecule has 0 spiro atoms. The molecule has 0 aliphatic rings. The monoisotopic (exact) mass is 501 g/mol. The van der Waals surface area contributed by atoms with E-state index in [1.807, 2.05) is 0 Å². The maximum absolute atomic E-state index is 12.3. The molecule has 10 nitrogen and oxygen atoms in total. The largest absolute Gasteiger partial charge is 0.490 e. The SMILES string of the molecule is O=C(O)C(F)(F)F.O=C(O)CCSSCCNC(=O)c1cc(Cl)ccc1-n1cnnn1. The van der Waals surface area contributed by atoms with Crippen LogP contribution in [0.15, 0.2) is 24.5 Å². The van der Waals surface area contributed by atoms with Gasteiger partial charge in [0.2, 0.25) is 0 Å². The van der Waals surface area contributed by atoms with Gasteiger partial charge in [-0.25, -0.2) is 4.79 Å². The van der Waals surface area contributed by atoms with E-state index in [0.717, 1.165) is 0 Å². The number of hydrogen-bond acceptors (Lipinski definition) is 8. The number of nitrogens with one attached hydrogen (secondary N) is 1. The maximum Gasteiger partial charge on any atom is 0.490 e. The quantitative estimate of drug-likeness (QED) is 0.346. The summed E-state index contributed by atoms with van der Waals surface area (Å²) >= 11 is 5.97. The lowest BCUT2D eigenvalue weighted by Gasteiger charge is -2.10. The molecule has 2 aromatic rings. The second-order valence-electron chi connectivity index (χ2n) is 5.26. The van der Waals surface area contributed by atoms with Crippen LogP contribution in [-0.2, 0) is 9.59 Å². The van der Waals surface area contributed by atoms with Gasteiger partial charge in [0.15, 0.2) is 0 Å². The Morgan fingerprint density at radius 2 is 1.81 bits per heavy atom. The fourth-order valence-electron chi connectivity index (χ4n) is 1.71. The van der Waals surface area contributed by atoms with Crippen molar-refractivity contribution < 1.29 is 37.8 Å². The molecule has 0 saturated heterocycles. The molecular formula is C15H15ClF3N5O5S2. The van der Waals surface area contributed by atoms with Crippen molar-refractivity contribution >= 4 is 51.0 Å². The van der Waals surface area contributed by atoms with Gasteiger partial charge in [-0.1, -0.05) is 33.2 Å². The van der Waals surface area contributed by atoms with Gasteiger partial charge in [0.25, 0.3) is 5.91 Å². The zero-order valence-electron chi connectivity index (χ0n) is 15.4. The van der Waals surface area contributed by atoms with Crippen LogP contribution in [0.25, 0.3) is 5.69 Å². The van der Waals surface area contributed by atoms with Crippen molar-refractivity contribution in [1.82, 2.24) is 25.5 Å². The summed E-state index contributed by atoms with van der Waals surface area (Å²) in [6, 6.07) is 4.89. The van der Waals surface area contributed by atoms with Crippen LogP contribution in [0.3, 0.4) is 0 Å². The van der Waals surface area contributed by atoms with Crippen LogP contribution in [0.5, 0.6) is 0 Å². The van der Waals surface area contributed by atoms with Gasteiger partial charge in [0.05, 0.1) is 17.7 Å². The molecule has 0 bridgehead atoms. The predicted octanol–water partition coefficient (Wildman–Crippen LogP) is 2.53. The summed E-state index contributed by atoms with van der Waals surface area (Å²) in [5, 5.41) is 29.8. The Morgan fingerprint density at radius 1 is 1.16 bits per heavy atom. The molecular weight excluding hydrogens is 487 g/mol. The first kappa shape index (κ1) is 26.5. The number of halogens is 4. The average molecular weight is 502 g/mol. The summed E-state index contributed by atoms with van der Waals surface area (Å²) in [6.45, 7) is 0.450. The minimum Gasteiger partial charge on any atom is -0.481 e. The molecule has 170 valence electrons. The number of amides is 1. The van der Waals surface area contributed by atoms with Gasteiger partial charge in [-0.05, 0) is 28.6 Å². The van der Waals surface area contributed by atoms with E-state index in [9.17, 15) is 22.8 Å². The molecule has 0 unspecified atom stereocenters. The van der Waals surface area contributed by atoms with Crippen molar-refractivity contribution in [2.75, 3.05) is 18.1 Å². The molecule has 0 aliphatic heterocycles. The molecule has 0 atom stereocenters. The summed E-state index contributed by atoms with van der Waals surface area (Å²) in [6.07, 6.45) is -3.56. The Hall–Kier alpha value is -2.52. The number of tetrazole rings is 1. The first-order valence-corrected chi connectivity index (χ1v) is 11.0. The molecule has 1 heterocycles. The van der Waals surface area contributed by atoms with Crippen LogP contribution >= 0.6 is 33.2 Å². The molecule has 3 N–H and O–H groups in total. The highest BCUT2D eigenvalue weighted by molar-refractivity contribution is 8.76. The minimum absolute atomic E-state index is 0.127. The number of nitrogens with zero attached hydrogens (tertiary/aromatic N) is 4. The smallest absolute Gasteiger partial charge is 0.481 e. The van der Waals surface area contributed by atoms with Gasteiger partial charge >= 0.3 is 18.1 Å². The predicted molar refractivity (Wildman–Crippen MR) is 107 cm³/mol. The summed E-state index contributed by atoms with van der Waals surface area (Å²) in [4.78, 5) is 31.6. The average Bonchev–Trinajstić information content (AvgIpc) is 3.21. The number of aliphatic carboxylic acids is 2. The molecule has 31 heavy (non-hydrogen) atoms. The number of carbonyl (C=O) groups excluding carboxylic acids is 1. The van der Waals surface area contributed by atoms with E-state index >= 15 is 0 Å². The fraction of sp³-hybridized carbons (Fsp3) is 0.333. The molecule has 0 saturated carbocycles. The number of carbonyl (C=O) groups is 3. The second-order valence-corrected chi connectivity index (χ2v) is 8.40. The fourth-order valence-corrected chi connectivity index (χ4v) is 3.77. The number of hydrogen-bond donors (Lipinski definition) is 3. The van der Waals surface area contributed by atoms with Crippen LogP contribution in [0, 0.1) is 0 Å². The Kier molecular flexibility index (Phi) is 11.1. The van der Waals surface area contributed by atoms with Gasteiger partial charge in [0, 0.05) is 23.1 Å². The second kappa shape index (κ2) is 13.0. The summed E-state index contributed by atoms with van der Waals surface area (Å²) < 4.78 is 33.1. The van der Waals surface area contributed by atoms with Gasteiger partial charge in [-0.15, -0.1) is 5.10 Å². The third-order valence-electron chi connectivity index (χ3n) is 3.00. The number of carboxylic acids is 2. The van der Waals surface area contributed by atoms with Crippen LogP contribution in [0.2, 0.25) is 5.02 Å². The lowest BCUT2D eigenvalue weighted by Crippen LogP contribution is -2.27. The van der Waals surface area contributed by atoms with E-state index in [1.165, 1.54) is 32.6 Å². The first-order chi connectivity index (χ1) is 14.5. The highest BCUT2D eigenvalue weighted by atomic mass is 35.5.